The molecule has 0 fully saturated rings. The van der Waals surface area contributed by atoms with Crippen molar-refractivity contribution in [2.45, 2.75) is 30.0 Å². The standard InChI is InChI=1S/C24H25ClN2O3S/c25-20-6-9-22(10-7-20)31(29)17-21-8-11-23(30-21)24(28)26-13-3-14-27-15-12-18-4-1-2-5-19(18)16-27/h1-2,4-11H,3,12-17H2,(H,26,28)/t31-/m0/s1. The maximum Gasteiger partial charge on any atom is 0.286 e. The summed E-state index contributed by atoms with van der Waals surface area (Å²) in [6, 6.07) is 18.8. The molecule has 0 radical (unpaired) electrons. The van der Waals surface area contributed by atoms with Crippen LogP contribution in [0.1, 0.15) is 33.9 Å². The second kappa shape index (κ2) is 10.3. The highest BCUT2D eigenvalue weighted by atomic mass is 35.5. The van der Waals surface area contributed by atoms with E-state index in [1.165, 1.54) is 11.1 Å². The third-order valence-electron chi connectivity index (χ3n) is 5.38. The van der Waals surface area contributed by atoms with Crippen molar-refractivity contribution in [1.82, 2.24) is 10.2 Å². The zero-order valence-electron chi connectivity index (χ0n) is 17.2. The molecule has 1 amide bonds. The SMILES string of the molecule is O=C(NCCCN1CCc2ccccc2C1)c1ccc(C[S@](=O)c2ccc(Cl)cc2)o1. The van der Waals surface area contributed by atoms with E-state index in [1.54, 1.807) is 36.4 Å². The second-order valence-corrected chi connectivity index (χ2v) is 9.50. The monoisotopic (exact) mass is 456 g/mol. The number of hydrogen-bond acceptors (Lipinski definition) is 4. The van der Waals surface area contributed by atoms with Gasteiger partial charge in [0.05, 0.1) is 16.6 Å². The molecule has 5 nitrogen and oxygen atoms in total. The fourth-order valence-electron chi connectivity index (χ4n) is 3.71. The van der Waals surface area contributed by atoms with Crippen molar-refractivity contribution < 1.29 is 13.4 Å². The van der Waals surface area contributed by atoms with Gasteiger partial charge in [-0.15, -0.1) is 0 Å². The number of furan rings is 1. The number of rotatable bonds is 8. The van der Waals surface area contributed by atoms with Crippen LogP contribution >= 0.6 is 11.6 Å². The molecule has 0 saturated carbocycles. The number of halogens is 1. The van der Waals surface area contributed by atoms with Crippen molar-refractivity contribution in [3.05, 3.63) is 88.3 Å². The van der Waals surface area contributed by atoms with Crippen molar-refractivity contribution in [1.29, 1.82) is 0 Å². The van der Waals surface area contributed by atoms with Crippen LogP contribution in [0.5, 0.6) is 0 Å². The van der Waals surface area contributed by atoms with Crippen LogP contribution in [0.2, 0.25) is 5.02 Å². The van der Waals surface area contributed by atoms with Crippen LogP contribution in [0.25, 0.3) is 0 Å². The minimum absolute atomic E-state index is 0.214. The van der Waals surface area contributed by atoms with Gasteiger partial charge in [0.25, 0.3) is 5.91 Å². The molecule has 4 rings (SSSR count). The molecule has 1 aliphatic heterocycles. The van der Waals surface area contributed by atoms with Gasteiger partial charge in [-0.3, -0.25) is 13.9 Å². The molecule has 162 valence electrons. The average molecular weight is 457 g/mol. The summed E-state index contributed by atoms with van der Waals surface area (Å²) in [6.07, 6.45) is 1.96. The Morgan fingerprint density at radius 2 is 1.84 bits per heavy atom. The Hall–Kier alpha value is -2.41. The minimum Gasteiger partial charge on any atom is -0.455 e. The number of amides is 1. The van der Waals surface area contributed by atoms with E-state index >= 15 is 0 Å². The van der Waals surface area contributed by atoms with Crippen LogP contribution in [0.3, 0.4) is 0 Å². The largest absolute Gasteiger partial charge is 0.455 e. The third-order valence-corrected chi connectivity index (χ3v) is 6.98. The molecule has 7 heteroatoms. The first-order chi connectivity index (χ1) is 15.1. The smallest absolute Gasteiger partial charge is 0.286 e. The van der Waals surface area contributed by atoms with Gasteiger partial charge < -0.3 is 9.73 Å². The number of benzene rings is 2. The molecule has 3 aromatic rings. The molecule has 0 spiro atoms. The molecule has 31 heavy (non-hydrogen) atoms. The summed E-state index contributed by atoms with van der Waals surface area (Å²) in [5.41, 5.74) is 2.84. The van der Waals surface area contributed by atoms with Gasteiger partial charge >= 0.3 is 0 Å². The highest BCUT2D eigenvalue weighted by molar-refractivity contribution is 7.84. The Bertz CT molecular complexity index is 1060. The lowest BCUT2D eigenvalue weighted by Crippen LogP contribution is -2.33. The van der Waals surface area contributed by atoms with Gasteiger partial charge in [0.15, 0.2) is 5.76 Å². The quantitative estimate of drug-likeness (QED) is 0.510. The van der Waals surface area contributed by atoms with Crippen LogP contribution in [-0.2, 0) is 29.5 Å². The Labute approximate surface area is 189 Å². The molecule has 0 saturated heterocycles. The Morgan fingerprint density at radius 1 is 1.06 bits per heavy atom. The van der Waals surface area contributed by atoms with Crippen molar-refractivity contribution in [3.8, 4) is 0 Å². The van der Waals surface area contributed by atoms with Gasteiger partial charge in [-0.25, -0.2) is 0 Å². The fraction of sp³-hybridized carbons (Fsp3) is 0.292. The summed E-state index contributed by atoms with van der Waals surface area (Å²) in [6.45, 7) is 3.55. The zero-order valence-corrected chi connectivity index (χ0v) is 18.8. The number of carbonyl (C=O) groups is 1. The van der Waals surface area contributed by atoms with Gasteiger partial charge in [-0.1, -0.05) is 35.9 Å². The average Bonchev–Trinajstić information content (AvgIpc) is 3.25. The first-order valence-electron chi connectivity index (χ1n) is 10.4. The van der Waals surface area contributed by atoms with Crippen LogP contribution in [0, 0.1) is 0 Å². The van der Waals surface area contributed by atoms with E-state index in [2.05, 4.69) is 34.5 Å². The van der Waals surface area contributed by atoms with Gasteiger partial charge in [0, 0.05) is 36.1 Å². The summed E-state index contributed by atoms with van der Waals surface area (Å²) >= 11 is 5.87. The van der Waals surface area contributed by atoms with E-state index in [0.717, 1.165) is 32.5 Å². The number of nitrogens with zero attached hydrogens (tertiary/aromatic N) is 1. The maximum absolute atomic E-state index is 12.4. The van der Waals surface area contributed by atoms with E-state index in [-0.39, 0.29) is 17.4 Å². The van der Waals surface area contributed by atoms with Crippen LogP contribution in [0.15, 0.2) is 70.0 Å². The third kappa shape index (κ3) is 5.85. The summed E-state index contributed by atoms with van der Waals surface area (Å²) in [5, 5.41) is 3.51. The van der Waals surface area contributed by atoms with Crippen molar-refractivity contribution in [2.75, 3.05) is 19.6 Å². The first-order valence-corrected chi connectivity index (χ1v) is 12.1. The van der Waals surface area contributed by atoms with Crippen LogP contribution in [0.4, 0.5) is 0 Å². The van der Waals surface area contributed by atoms with Gasteiger partial charge in [0.1, 0.15) is 5.76 Å². The summed E-state index contributed by atoms with van der Waals surface area (Å²) in [5.74, 6) is 0.735. The zero-order chi connectivity index (χ0) is 21.6. The van der Waals surface area contributed by atoms with Crippen LogP contribution in [-0.4, -0.2) is 34.7 Å². The van der Waals surface area contributed by atoms with E-state index in [4.69, 9.17) is 16.0 Å². The first kappa shape index (κ1) is 21.8. The Kier molecular flexibility index (Phi) is 7.22. The molecule has 1 aromatic heterocycles. The second-order valence-electron chi connectivity index (χ2n) is 7.61. The van der Waals surface area contributed by atoms with E-state index in [1.807, 2.05) is 0 Å². The normalized spacial score (nSPS) is 14.7. The van der Waals surface area contributed by atoms with Crippen molar-refractivity contribution in [2.24, 2.45) is 0 Å². The highest BCUT2D eigenvalue weighted by Gasteiger charge is 2.16. The van der Waals surface area contributed by atoms with E-state index in [9.17, 15) is 9.00 Å². The lowest BCUT2D eigenvalue weighted by Gasteiger charge is -2.28. The van der Waals surface area contributed by atoms with Gasteiger partial charge in [-0.2, -0.15) is 0 Å². The Balaban J connectivity index is 1.20. The lowest BCUT2D eigenvalue weighted by molar-refractivity contribution is 0.0922. The number of hydrogen-bond donors (Lipinski definition) is 1. The van der Waals surface area contributed by atoms with Crippen LogP contribution < -0.4 is 5.32 Å². The highest BCUT2D eigenvalue weighted by Crippen LogP contribution is 2.19. The predicted octanol–water partition coefficient (Wildman–Crippen LogP) is 4.42. The molecule has 2 heterocycles. The number of carbonyl (C=O) groups excluding carboxylic acids is 1. The molecule has 1 atom stereocenters. The summed E-state index contributed by atoms with van der Waals surface area (Å²) < 4.78 is 18.1. The Morgan fingerprint density at radius 3 is 2.65 bits per heavy atom. The fourth-order valence-corrected chi connectivity index (χ4v) is 4.86. The van der Waals surface area contributed by atoms with Crippen molar-refractivity contribution >= 4 is 28.3 Å². The van der Waals surface area contributed by atoms with Gasteiger partial charge in [-0.05, 0) is 60.4 Å². The molecule has 0 bridgehead atoms. The maximum atomic E-state index is 12.4. The number of fused-ring (bicyclic) bond motifs is 1. The molecule has 1 N–H and O–H groups in total. The molecular formula is C24H25ClN2O3S. The van der Waals surface area contributed by atoms with E-state index in [0.29, 0.717) is 22.2 Å². The minimum atomic E-state index is -1.26. The molecule has 0 unspecified atom stereocenters. The number of nitrogens with one attached hydrogen (secondary N) is 1. The van der Waals surface area contributed by atoms with Gasteiger partial charge in [0.2, 0.25) is 0 Å². The summed E-state index contributed by atoms with van der Waals surface area (Å²) in [7, 11) is -1.26. The van der Waals surface area contributed by atoms with Crippen molar-refractivity contribution in [3.63, 3.8) is 0 Å². The molecule has 0 aliphatic carbocycles. The predicted molar refractivity (Wildman–Crippen MR) is 123 cm³/mol. The summed E-state index contributed by atoms with van der Waals surface area (Å²) in [4.78, 5) is 15.5. The molecule has 1 aliphatic rings. The van der Waals surface area contributed by atoms with E-state index < -0.39 is 10.8 Å². The molecule has 2 aromatic carbocycles. The molecular weight excluding hydrogens is 432 g/mol. The lowest BCUT2D eigenvalue weighted by atomic mass is 10.00. The topological polar surface area (TPSA) is 62.6 Å².